The number of carbonyl (C=O) groups excluding carboxylic acids is 2. The molecule has 2 aliphatic rings. The molecule has 13 heteroatoms. The molecule has 2 fully saturated rings. The number of hydrogen-bond donors (Lipinski definition) is 2. The Balaban J connectivity index is 1.20. The number of likely N-dealkylation sites (N-methyl/N-ethyl adjacent to an activating group) is 1. The van der Waals surface area contributed by atoms with Gasteiger partial charge < -0.3 is 19.8 Å². The van der Waals surface area contributed by atoms with Gasteiger partial charge in [0.05, 0.1) is 25.0 Å². The third kappa shape index (κ3) is 5.02. The number of methoxy groups -OCH3 is 1. The van der Waals surface area contributed by atoms with Crippen molar-refractivity contribution in [2.75, 3.05) is 36.2 Å². The Bertz CT molecular complexity index is 1570. The van der Waals surface area contributed by atoms with E-state index in [4.69, 9.17) is 21.3 Å². The number of anilines is 3. The summed E-state index contributed by atoms with van der Waals surface area (Å²) >= 11 is 6.26. The molecule has 1 saturated carbocycles. The summed E-state index contributed by atoms with van der Waals surface area (Å²) in [6.45, 7) is 0.801. The summed E-state index contributed by atoms with van der Waals surface area (Å²) in [5, 5.41) is 14.5. The Morgan fingerprint density at radius 1 is 1.05 bits per heavy atom. The van der Waals surface area contributed by atoms with E-state index in [0.29, 0.717) is 47.8 Å². The van der Waals surface area contributed by atoms with Crippen molar-refractivity contribution < 1.29 is 14.3 Å². The number of pyridine rings is 1. The number of aromatic nitrogens is 5. The van der Waals surface area contributed by atoms with Gasteiger partial charge in [0.25, 0.3) is 0 Å². The van der Waals surface area contributed by atoms with E-state index in [0.717, 1.165) is 34.6 Å². The first-order valence-electron chi connectivity index (χ1n) is 12.5. The average molecular weight is 548 g/mol. The van der Waals surface area contributed by atoms with Crippen molar-refractivity contribution in [3.63, 3.8) is 0 Å². The third-order valence-electron chi connectivity index (χ3n) is 6.82. The molecular formula is C26H26ClN9O3. The zero-order valence-corrected chi connectivity index (χ0v) is 22.1. The van der Waals surface area contributed by atoms with E-state index in [2.05, 4.69) is 25.8 Å². The lowest BCUT2D eigenvalue weighted by molar-refractivity contribution is -0.123. The van der Waals surface area contributed by atoms with Gasteiger partial charge >= 0.3 is 6.03 Å². The number of imidazole rings is 1. The topological polar surface area (TPSA) is 130 Å². The van der Waals surface area contributed by atoms with E-state index >= 15 is 0 Å². The number of amides is 3. The summed E-state index contributed by atoms with van der Waals surface area (Å²) in [7, 11) is 3.12. The number of carbonyl (C=O) groups is 2. The zero-order valence-electron chi connectivity index (χ0n) is 21.4. The summed E-state index contributed by atoms with van der Waals surface area (Å²) in [6, 6.07) is 9.29. The number of hydrogen-bond acceptors (Lipinski definition) is 9. The van der Waals surface area contributed by atoms with Crippen molar-refractivity contribution in [1.29, 1.82) is 0 Å². The molecule has 1 aromatic carbocycles. The second-order valence-electron chi connectivity index (χ2n) is 9.55. The van der Waals surface area contributed by atoms with Gasteiger partial charge in [0.2, 0.25) is 11.9 Å². The van der Waals surface area contributed by atoms with E-state index in [1.165, 1.54) is 11.9 Å². The molecule has 12 nitrogen and oxygen atoms in total. The van der Waals surface area contributed by atoms with E-state index in [-0.39, 0.29) is 23.6 Å². The van der Waals surface area contributed by atoms with Crippen LogP contribution in [0.3, 0.4) is 0 Å². The fourth-order valence-corrected chi connectivity index (χ4v) is 4.61. The lowest BCUT2D eigenvalue weighted by Gasteiger charge is -2.17. The number of ether oxygens (including phenoxy) is 1. The first kappa shape index (κ1) is 24.9. The number of imide groups is 1. The highest BCUT2D eigenvalue weighted by atomic mass is 35.5. The summed E-state index contributed by atoms with van der Waals surface area (Å²) in [4.78, 5) is 36.8. The number of benzene rings is 1. The predicted molar refractivity (Wildman–Crippen MR) is 145 cm³/mol. The number of urea groups is 1. The number of nitrogens with one attached hydrogen (secondary N) is 2. The molecule has 0 radical (unpaired) electrons. The number of halogens is 1. The zero-order chi connectivity index (χ0) is 27.1. The molecule has 1 aliphatic carbocycles. The molecule has 2 N–H and O–H groups in total. The van der Waals surface area contributed by atoms with Crippen molar-refractivity contribution >= 4 is 46.6 Å². The largest absolute Gasteiger partial charge is 0.497 e. The van der Waals surface area contributed by atoms with Crippen LogP contribution in [0.4, 0.5) is 22.2 Å². The highest BCUT2D eigenvalue weighted by molar-refractivity contribution is 6.31. The predicted octanol–water partition coefficient (Wildman–Crippen LogP) is 3.68. The van der Waals surface area contributed by atoms with Crippen LogP contribution in [0.1, 0.15) is 35.6 Å². The van der Waals surface area contributed by atoms with E-state index in [9.17, 15) is 9.59 Å². The number of nitrogens with zero attached hydrogens (tertiary/aromatic N) is 7. The van der Waals surface area contributed by atoms with Crippen molar-refractivity contribution in [2.24, 2.45) is 0 Å². The van der Waals surface area contributed by atoms with Gasteiger partial charge in [-0.15, -0.1) is 10.2 Å². The van der Waals surface area contributed by atoms with Gasteiger partial charge in [0.1, 0.15) is 12.3 Å². The third-order valence-corrected chi connectivity index (χ3v) is 7.07. The molecule has 4 aromatic rings. The molecule has 200 valence electrons. The molecule has 1 aliphatic heterocycles. The van der Waals surface area contributed by atoms with Crippen LogP contribution in [0.5, 0.6) is 5.75 Å². The van der Waals surface area contributed by atoms with Gasteiger partial charge in [-0.25, -0.2) is 9.78 Å². The first-order valence-corrected chi connectivity index (χ1v) is 12.9. The maximum Gasteiger partial charge on any atom is 0.331 e. The molecule has 3 aromatic heterocycles. The second-order valence-corrected chi connectivity index (χ2v) is 9.91. The minimum absolute atomic E-state index is 0.00588. The van der Waals surface area contributed by atoms with Crippen molar-refractivity contribution in [3.8, 4) is 5.75 Å². The van der Waals surface area contributed by atoms with Gasteiger partial charge in [-0.05, 0) is 48.1 Å². The molecule has 0 spiro atoms. The Hall–Kier alpha value is -4.45. The average Bonchev–Trinajstić information content (AvgIpc) is 3.67. The van der Waals surface area contributed by atoms with Gasteiger partial charge in [-0.3, -0.25) is 14.6 Å². The van der Waals surface area contributed by atoms with E-state index < -0.39 is 0 Å². The smallest absolute Gasteiger partial charge is 0.331 e. The Morgan fingerprint density at radius 2 is 1.85 bits per heavy atom. The Kier molecular flexibility index (Phi) is 6.39. The summed E-state index contributed by atoms with van der Waals surface area (Å²) in [6.07, 6.45) is 6.15. The fraction of sp³-hybridized carbons (Fsp3) is 0.308. The first-order chi connectivity index (χ1) is 18.9. The SMILES string of the molecule is COc1ccc(CNc2nnc(Cl)c(NCc3cn4cc(C5CC5)cc(N5CC(=O)N(C)C5=O)c4n3)n2)cc1. The van der Waals surface area contributed by atoms with Gasteiger partial charge in [0.15, 0.2) is 16.6 Å². The van der Waals surface area contributed by atoms with Crippen molar-refractivity contribution in [2.45, 2.75) is 31.8 Å². The lowest BCUT2D eigenvalue weighted by atomic mass is 10.1. The van der Waals surface area contributed by atoms with Crippen LogP contribution in [0.25, 0.3) is 5.65 Å². The normalized spacial score (nSPS) is 15.4. The molecule has 0 bridgehead atoms. The molecule has 39 heavy (non-hydrogen) atoms. The molecular weight excluding hydrogens is 522 g/mol. The molecule has 3 amide bonds. The standard InChI is InChI=1S/C26H26ClN9O3/c1-34-21(37)14-36(26(34)38)20-9-17(16-5-6-16)12-35-13-18(30-24(20)35)11-28-23-22(27)32-33-25(31-23)29-10-15-3-7-19(39-2)8-4-15/h3-4,7-9,12-13,16H,5-6,10-11,14H2,1-2H3,(H2,28,29,31,33). The Labute approximate surface area is 229 Å². The summed E-state index contributed by atoms with van der Waals surface area (Å²) in [5.41, 5.74) is 4.08. The highest BCUT2D eigenvalue weighted by Crippen LogP contribution is 2.42. The van der Waals surface area contributed by atoms with Crippen LogP contribution in [0, 0.1) is 0 Å². The van der Waals surface area contributed by atoms with Gasteiger partial charge in [-0.1, -0.05) is 23.7 Å². The van der Waals surface area contributed by atoms with Crippen LogP contribution in [0.2, 0.25) is 5.15 Å². The minimum atomic E-state index is -0.356. The van der Waals surface area contributed by atoms with Crippen molar-refractivity contribution in [1.82, 2.24) is 29.5 Å². The minimum Gasteiger partial charge on any atom is -0.497 e. The number of rotatable bonds is 9. The lowest BCUT2D eigenvalue weighted by Crippen LogP contribution is -2.30. The summed E-state index contributed by atoms with van der Waals surface area (Å²) < 4.78 is 7.11. The maximum atomic E-state index is 12.8. The van der Waals surface area contributed by atoms with E-state index in [1.807, 2.05) is 47.1 Å². The van der Waals surface area contributed by atoms with Crippen LogP contribution < -0.4 is 20.3 Å². The van der Waals surface area contributed by atoms with E-state index in [1.54, 1.807) is 7.11 Å². The fourth-order valence-electron chi connectivity index (χ4n) is 4.46. The van der Waals surface area contributed by atoms with Crippen LogP contribution in [-0.2, 0) is 17.9 Å². The van der Waals surface area contributed by atoms with Crippen LogP contribution in [-0.4, -0.2) is 62.1 Å². The highest BCUT2D eigenvalue weighted by Gasteiger charge is 2.36. The second kappa shape index (κ2) is 10.0. The van der Waals surface area contributed by atoms with Crippen molar-refractivity contribution in [3.05, 3.63) is 64.7 Å². The van der Waals surface area contributed by atoms with Gasteiger partial charge in [-0.2, -0.15) is 4.98 Å². The Morgan fingerprint density at radius 3 is 2.54 bits per heavy atom. The number of fused-ring (bicyclic) bond motifs is 1. The molecule has 4 heterocycles. The monoisotopic (exact) mass is 547 g/mol. The molecule has 6 rings (SSSR count). The molecule has 0 unspecified atom stereocenters. The summed E-state index contributed by atoms with van der Waals surface area (Å²) in [5.74, 6) is 1.68. The molecule has 1 saturated heterocycles. The molecule has 0 atom stereocenters. The van der Waals surface area contributed by atoms with Crippen LogP contribution in [0.15, 0.2) is 42.7 Å². The van der Waals surface area contributed by atoms with Gasteiger partial charge in [0, 0.05) is 26.0 Å². The van der Waals surface area contributed by atoms with Crippen LogP contribution >= 0.6 is 11.6 Å². The maximum absolute atomic E-state index is 12.8. The quantitative estimate of drug-likeness (QED) is 0.301.